The van der Waals surface area contributed by atoms with Gasteiger partial charge >= 0.3 is 0 Å². The van der Waals surface area contributed by atoms with E-state index in [0.29, 0.717) is 50.3 Å². The first-order valence-corrected chi connectivity index (χ1v) is 12.4. The van der Waals surface area contributed by atoms with Crippen LogP contribution in [-0.2, 0) is 19.6 Å². The molecule has 2 saturated heterocycles. The normalized spacial score (nSPS) is 19.6. The largest absolute Gasteiger partial charge is 0.356 e. The molecule has 2 heterocycles. The van der Waals surface area contributed by atoms with Crippen molar-refractivity contribution in [3.8, 4) is 0 Å². The fourth-order valence-corrected chi connectivity index (χ4v) is 6.30. The molecular weight excluding hydrogens is 449 g/mol. The van der Waals surface area contributed by atoms with Gasteiger partial charge in [-0.3, -0.25) is 9.59 Å². The molecule has 0 atom stereocenters. The van der Waals surface area contributed by atoms with E-state index < -0.39 is 10.0 Å². The number of hydrogen-bond acceptors (Lipinski definition) is 4. The number of sulfonamides is 1. The van der Waals surface area contributed by atoms with Crippen LogP contribution in [0.1, 0.15) is 32.6 Å². The standard InChI is InChI=1S/C20H27Cl2N3O4S/c1-2-23-19(26)14-5-9-24(10-6-14)20(27)15-7-11-25(12-8-15)30(28,29)18-13-16(21)3-4-17(18)22/h3-4,13-15H,2,5-12H2,1H3,(H,23,26). The third-order valence-electron chi connectivity index (χ3n) is 5.84. The second kappa shape index (κ2) is 9.85. The van der Waals surface area contributed by atoms with Crippen molar-refractivity contribution in [1.29, 1.82) is 0 Å². The van der Waals surface area contributed by atoms with E-state index in [0.717, 1.165) is 0 Å². The van der Waals surface area contributed by atoms with Crippen molar-refractivity contribution in [2.75, 3.05) is 32.7 Å². The van der Waals surface area contributed by atoms with Crippen LogP contribution in [0, 0.1) is 11.8 Å². The minimum atomic E-state index is -3.76. The van der Waals surface area contributed by atoms with Crippen LogP contribution in [0.5, 0.6) is 0 Å². The lowest BCUT2D eigenvalue weighted by atomic mass is 9.92. The molecule has 0 aromatic heterocycles. The lowest BCUT2D eigenvalue weighted by molar-refractivity contribution is -0.140. The summed E-state index contributed by atoms with van der Waals surface area (Å²) in [5, 5.41) is 3.28. The van der Waals surface area contributed by atoms with Crippen LogP contribution in [0.25, 0.3) is 0 Å². The molecule has 0 unspecified atom stereocenters. The van der Waals surface area contributed by atoms with Crippen LogP contribution >= 0.6 is 23.2 Å². The minimum absolute atomic E-state index is 0.00567. The fraction of sp³-hybridized carbons (Fsp3) is 0.600. The van der Waals surface area contributed by atoms with Crippen LogP contribution in [0.3, 0.4) is 0 Å². The van der Waals surface area contributed by atoms with Gasteiger partial charge in [-0.25, -0.2) is 8.42 Å². The molecule has 1 N–H and O–H groups in total. The molecule has 2 aliphatic heterocycles. The Kier molecular flexibility index (Phi) is 7.66. The van der Waals surface area contributed by atoms with Crippen molar-refractivity contribution in [2.24, 2.45) is 11.8 Å². The van der Waals surface area contributed by atoms with Gasteiger partial charge in [-0.2, -0.15) is 4.31 Å². The highest BCUT2D eigenvalue weighted by Gasteiger charge is 2.36. The van der Waals surface area contributed by atoms with Crippen LogP contribution < -0.4 is 5.32 Å². The Morgan fingerprint density at radius 3 is 2.23 bits per heavy atom. The second-order valence-electron chi connectivity index (χ2n) is 7.75. The summed E-state index contributed by atoms with van der Waals surface area (Å²) in [6.07, 6.45) is 2.26. The van der Waals surface area contributed by atoms with Gasteiger partial charge in [-0.05, 0) is 50.8 Å². The first kappa shape index (κ1) is 23.3. The predicted octanol–water partition coefficient (Wildman–Crippen LogP) is 2.77. The number of amides is 2. The lowest BCUT2D eigenvalue weighted by Gasteiger charge is -2.36. The van der Waals surface area contributed by atoms with Gasteiger partial charge in [0, 0.05) is 49.6 Å². The summed E-state index contributed by atoms with van der Waals surface area (Å²) in [7, 11) is -3.76. The third-order valence-corrected chi connectivity index (χ3v) is 8.46. The number of rotatable bonds is 5. The van der Waals surface area contributed by atoms with Crippen LogP contribution in [0.4, 0.5) is 0 Å². The molecule has 1 aromatic carbocycles. The lowest BCUT2D eigenvalue weighted by Crippen LogP contribution is -2.48. The van der Waals surface area contributed by atoms with Crippen molar-refractivity contribution in [2.45, 2.75) is 37.5 Å². The maximum atomic E-state index is 12.9. The average molecular weight is 476 g/mol. The summed E-state index contributed by atoms with van der Waals surface area (Å²) in [5.74, 6) is -0.124. The van der Waals surface area contributed by atoms with Gasteiger partial charge in [0.25, 0.3) is 0 Å². The summed E-state index contributed by atoms with van der Waals surface area (Å²) in [5.41, 5.74) is 0. The van der Waals surface area contributed by atoms with Crippen LogP contribution in [0.2, 0.25) is 10.0 Å². The van der Waals surface area contributed by atoms with E-state index in [-0.39, 0.29) is 46.7 Å². The van der Waals surface area contributed by atoms with Gasteiger partial charge in [-0.1, -0.05) is 23.2 Å². The number of carbonyl (C=O) groups is 2. The van der Waals surface area contributed by atoms with Crippen molar-refractivity contribution >= 4 is 45.0 Å². The van der Waals surface area contributed by atoms with Gasteiger partial charge in [-0.15, -0.1) is 0 Å². The van der Waals surface area contributed by atoms with Gasteiger partial charge in [0.15, 0.2) is 0 Å². The highest BCUT2D eigenvalue weighted by molar-refractivity contribution is 7.89. The Morgan fingerprint density at radius 1 is 1.03 bits per heavy atom. The van der Waals surface area contributed by atoms with Gasteiger partial charge in [0.05, 0.1) is 5.02 Å². The van der Waals surface area contributed by atoms with Crippen molar-refractivity contribution in [3.05, 3.63) is 28.2 Å². The molecule has 10 heteroatoms. The van der Waals surface area contributed by atoms with Crippen molar-refractivity contribution in [3.63, 3.8) is 0 Å². The molecule has 3 rings (SSSR count). The maximum Gasteiger partial charge on any atom is 0.244 e. The zero-order valence-corrected chi connectivity index (χ0v) is 19.3. The number of piperidine rings is 2. The Bertz CT molecular complexity index is 893. The second-order valence-corrected chi connectivity index (χ2v) is 10.5. The summed E-state index contributed by atoms with van der Waals surface area (Å²) in [4.78, 5) is 26.7. The fourth-order valence-electron chi connectivity index (χ4n) is 4.10. The number of halogens is 2. The number of benzene rings is 1. The Hall–Kier alpha value is -1.35. The van der Waals surface area contributed by atoms with Gasteiger partial charge in [0.2, 0.25) is 21.8 Å². The summed E-state index contributed by atoms with van der Waals surface area (Å²) < 4.78 is 27.3. The number of nitrogens with zero attached hydrogens (tertiary/aromatic N) is 2. The topological polar surface area (TPSA) is 86.8 Å². The molecule has 2 amide bonds. The van der Waals surface area contributed by atoms with E-state index in [9.17, 15) is 18.0 Å². The SMILES string of the molecule is CCNC(=O)C1CCN(C(=O)C2CCN(S(=O)(=O)c3cc(Cl)ccc3Cl)CC2)CC1. The van der Waals surface area contributed by atoms with Gasteiger partial charge < -0.3 is 10.2 Å². The van der Waals surface area contributed by atoms with E-state index in [4.69, 9.17) is 23.2 Å². The molecule has 166 valence electrons. The zero-order valence-electron chi connectivity index (χ0n) is 16.9. The molecule has 30 heavy (non-hydrogen) atoms. The van der Waals surface area contributed by atoms with E-state index >= 15 is 0 Å². The Labute approximate surface area is 187 Å². The summed E-state index contributed by atoms with van der Waals surface area (Å²) >= 11 is 12.0. The van der Waals surface area contributed by atoms with E-state index in [1.165, 1.54) is 16.4 Å². The van der Waals surface area contributed by atoms with Crippen molar-refractivity contribution in [1.82, 2.24) is 14.5 Å². The highest BCUT2D eigenvalue weighted by Crippen LogP contribution is 2.31. The predicted molar refractivity (Wildman–Crippen MR) is 116 cm³/mol. The van der Waals surface area contributed by atoms with Crippen molar-refractivity contribution < 1.29 is 18.0 Å². The molecule has 2 aliphatic rings. The quantitative estimate of drug-likeness (QED) is 0.708. The number of likely N-dealkylation sites (tertiary alicyclic amines) is 1. The average Bonchev–Trinajstić information content (AvgIpc) is 2.75. The highest BCUT2D eigenvalue weighted by atomic mass is 35.5. The zero-order chi connectivity index (χ0) is 21.9. The maximum absolute atomic E-state index is 12.9. The first-order valence-electron chi connectivity index (χ1n) is 10.3. The molecular formula is C20H27Cl2N3O4S. The Morgan fingerprint density at radius 2 is 1.63 bits per heavy atom. The van der Waals surface area contributed by atoms with Crippen LogP contribution in [-0.4, -0.2) is 62.2 Å². The molecule has 0 bridgehead atoms. The smallest absolute Gasteiger partial charge is 0.244 e. The summed E-state index contributed by atoms with van der Waals surface area (Å²) in [6, 6.07) is 4.37. The molecule has 7 nitrogen and oxygen atoms in total. The molecule has 0 spiro atoms. The summed E-state index contributed by atoms with van der Waals surface area (Å²) in [6.45, 7) is 4.16. The molecule has 0 aliphatic carbocycles. The molecule has 2 fully saturated rings. The van der Waals surface area contributed by atoms with E-state index in [1.54, 1.807) is 6.07 Å². The first-order chi connectivity index (χ1) is 14.2. The molecule has 0 radical (unpaired) electrons. The monoisotopic (exact) mass is 475 g/mol. The number of nitrogens with one attached hydrogen (secondary N) is 1. The van der Waals surface area contributed by atoms with E-state index in [2.05, 4.69) is 5.32 Å². The number of carbonyl (C=O) groups excluding carboxylic acids is 2. The van der Waals surface area contributed by atoms with Gasteiger partial charge in [0.1, 0.15) is 4.90 Å². The minimum Gasteiger partial charge on any atom is -0.356 e. The third kappa shape index (κ3) is 5.10. The molecule has 1 aromatic rings. The van der Waals surface area contributed by atoms with E-state index in [1.807, 2.05) is 11.8 Å². The number of hydrogen-bond donors (Lipinski definition) is 1. The molecule has 0 saturated carbocycles. The Balaban J connectivity index is 1.56. The van der Waals surface area contributed by atoms with Crippen LogP contribution in [0.15, 0.2) is 23.1 Å².